The summed E-state index contributed by atoms with van der Waals surface area (Å²) in [5.74, 6) is 0. The van der Waals surface area contributed by atoms with Gasteiger partial charge in [-0.25, -0.2) is 0 Å². The Morgan fingerprint density at radius 2 is 2.36 bits per heavy atom. The first kappa shape index (κ1) is 6.83. The van der Waals surface area contributed by atoms with Gasteiger partial charge in [0, 0.05) is 6.54 Å². The molecule has 1 atom stereocenters. The molecule has 1 unspecified atom stereocenters. The van der Waals surface area contributed by atoms with Crippen LogP contribution in [0, 0.1) is 6.92 Å². The lowest BCUT2D eigenvalue weighted by molar-refractivity contribution is 0.151. The predicted molar refractivity (Wildman–Crippen MR) is 43.0 cm³/mol. The molecule has 1 aromatic rings. The molecule has 0 amide bonds. The molecule has 0 saturated heterocycles. The first-order valence-corrected chi connectivity index (χ1v) is 3.79. The van der Waals surface area contributed by atoms with E-state index in [1.54, 1.807) is 0 Å². The Bertz CT molecular complexity index is 283. The summed E-state index contributed by atoms with van der Waals surface area (Å²) in [6.45, 7) is 2.86. The molecule has 0 fully saturated rings. The van der Waals surface area contributed by atoms with Crippen LogP contribution >= 0.6 is 0 Å². The normalized spacial score (nSPS) is 21.8. The van der Waals surface area contributed by atoms with E-state index in [0.717, 1.165) is 12.1 Å². The van der Waals surface area contributed by atoms with Crippen LogP contribution in [-0.2, 0) is 6.54 Å². The monoisotopic (exact) mass is 149 g/mol. The van der Waals surface area contributed by atoms with Crippen molar-refractivity contribution in [1.82, 2.24) is 5.32 Å². The second kappa shape index (κ2) is 2.32. The van der Waals surface area contributed by atoms with Crippen LogP contribution in [0.2, 0.25) is 0 Å². The van der Waals surface area contributed by atoms with Crippen LogP contribution < -0.4 is 5.32 Å². The van der Waals surface area contributed by atoms with Crippen molar-refractivity contribution >= 4 is 0 Å². The van der Waals surface area contributed by atoms with Crippen molar-refractivity contribution in [2.75, 3.05) is 0 Å². The molecule has 1 heterocycles. The van der Waals surface area contributed by atoms with Gasteiger partial charge in [-0.15, -0.1) is 0 Å². The third kappa shape index (κ3) is 0.951. The minimum absolute atomic E-state index is 0.454. The molecule has 1 aliphatic heterocycles. The fourth-order valence-corrected chi connectivity index (χ4v) is 1.53. The van der Waals surface area contributed by atoms with E-state index >= 15 is 0 Å². The highest BCUT2D eigenvalue weighted by Gasteiger charge is 2.19. The Labute approximate surface area is 65.9 Å². The van der Waals surface area contributed by atoms with Crippen molar-refractivity contribution in [3.63, 3.8) is 0 Å². The zero-order chi connectivity index (χ0) is 7.84. The topological polar surface area (TPSA) is 32.3 Å². The summed E-state index contributed by atoms with van der Waals surface area (Å²) < 4.78 is 0. The zero-order valence-corrected chi connectivity index (χ0v) is 6.46. The number of aliphatic hydroxyl groups is 1. The molecule has 58 valence electrons. The zero-order valence-electron chi connectivity index (χ0n) is 6.46. The van der Waals surface area contributed by atoms with Crippen LogP contribution in [-0.4, -0.2) is 5.11 Å². The number of rotatable bonds is 0. The fourth-order valence-electron chi connectivity index (χ4n) is 1.53. The molecule has 11 heavy (non-hydrogen) atoms. The van der Waals surface area contributed by atoms with Gasteiger partial charge in [0.1, 0.15) is 6.23 Å². The number of benzene rings is 1. The SMILES string of the molecule is Cc1cccc2c1CNC2O. The first-order valence-electron chi connectivity index (χ1n) is 3.79. The summed E-state index contributed by atoms with van der Waals surface area (Å²) in [5, 5.41) is 12.4. The van der Waals surface area contributed by atoms with Crippen LogP contribution in [0.4, 0.5) is 0 Å². The van der Waals surface area contributed by atoms with Crippen LogP contribution in [0.15, 0.2) is 18.2 Å². The molecule has 1 aliphatic rings. The third-order valence-electron chi connectivity index (χ3n) is 2.21. The van der Waals surface area contributed by atoms with Crippen LogP contribution in [0.5, 0.6) is 0 Å². The molecular formula is C9H11NO. The lowest BCUT2D eigenvalue weighted by Gasteiger charge is -2.03. The molecule has 2 rings (SSSR count). The quantitative estimate of drug-likeness (QED) is 0.578. The molecule has 0 aliphatic carbocycles. The Hall–Kier alpha value is -0.860. The number of hydrogen-bond donors (Lipinski definition) is 2. The van der Waals surface area contributed by atoms with E-state index in [2.05, 4.69) is 18.3 Å². The summed E-state index contributed by atoms with van der Waals surface area (Å²) in [6, 6.07) is 6.01. The van der Waals surface area contributed by atoms with Gasteiger partial charge in [-0.3, -0.25) is 5.32 Å². The fraction of sp³-hybridized carbons (Fsp3) is 0.333. The van der Waals surface area contributed by atoms with Gasteiger partial charge >= 0.3 is 0 Å². The van der Waals surface area contributed by atoms with Gasteiger partial charge in [-0.05, 0) is 23.6 Å². The van der Waals surface area contributed by atoms with E-state index in [4.69, 9.17) is 0 Å². The van der Waals surface area contributed by atoms with Crippen molar-refractivity contribution in [1.29, 1.82) is 0 Å². The average Bonchev–Trinajstić information content (AvgIpc) is 2.35. The molecule has 2 N–H and O–H groups in total. The van der Waals surface area contributed by atoms with Gasteiger partial charge < -0.3 is 5.11 Å². The van der Waals surface area contributed by atoms with Crippen molar-refractivity contribution in [2.24, 2.45) is 0 Å². The number of fused-ring (bicyclic) bond motifs is 1. The Kier molecular flexibility index (Phi) is 1.44. The summed E-state index contributed by atoms with van der Waals surface area (Å²) in [5.41, 5.74) is 3.54. The predicted octanol–water partition coefficient (Wildman–Crippen LogP) is 1.09. The number of nitrogens with one attached hydrogen (secondary N) is 1. The second-order valence-corrected chi connectivity index (χ2v) is 2.93. The van der Waals surface area contributed by atoms with Crippen molar-refractivity contribution in [3.05, 3.63) is 34.9 Å². The largest absolute Gasteiger partial charge is 0.374 e. The van der Waals surface area contributed by atoms with E-state index in [1.807, 2.05) is 12.1 Å². The first-order chi connectivity index (χ1) is 5.29. The molecule has 0 radical (unpaired) electrons. The summed E-state index contributed by atoms with van der Waals surface area (Å²) >= 11 is 0. The molecule has 0 spiro atoms. The Morgan fingerprint density at radius 3 is 3.09 bits per heavy atom. The van der Waals surface area contributed by atoms with Crippen molar-refractivity contribution < 1.29 is 5.11 Å². The van der Waals surface area contributed by atoms with Gasteiger partial charge in [0.25, 0.3) is 0 Å². The van der Waals surface area contributed by atoms with E-state index < -0.39 is 6.23 Å². The van der Waals surface area contributed by atoms with Gasteiger partial charge in [0.2, 0.25) is 0 Å². The van der Waals surface area contributed by atoms with E-state index in [9.17, 15) is 5.11 Å². The maximum Gasteiger partial charge on any atom is 0.131 e. The highest BCUT2D eigenvalue weighted by molar-refractivity contribution is 5.38. The maximum atomic E-state index is 9.39. The van der Waals surface area contributed by atoms with Crippen molar-refractivity contribution in [2.45, 2.75) is 19.7 Å². The van der Waals surface area contributed by atoms with Gasteiger partial charge in [0.15, 0.2) is 0 Å². The molecule has 0 bridgehead atoms. The number of aliphatic hydroxyl groups excluding tert-OH is 1. The molecular weight excluding hydrogens is 138 g/mol. The number of hydrogen-bond acceptors (Lipinski definition) is 2. The summed E-state index contributed by atoms with van der Waals surface area (Å²) in [7, 11) is 0. The molecule has 0 saturated carbocycles. The van der Waals surface area contributed by atoms with Gasteiger partial charge in [-0.2, -0.15) is 0 Å². The van der Waals surface area contributed by atoms with E-state index in [-0.39, 0.29) is 0 Å². The summed E-state index contributed by atoms with van der Waals surface area (Å²) in [4.78, 5) is 0. The lowest BCUT2D eigenvalue weighted by atomic mass is 10.0. The lowest BCUT2D eigenvalue weighted by Crippen LogP contribution is -2.09. The third-order valence-corrected chi connectivity index (χ3v) is 2.21. The molecule has 0 aromatic heterocycles. The maximum absolute atomic E-state index is 9.39. The van der Waals surface area contributed by atoms with Crippen molar-refractivity contribution in [3.8, 4) is 0 Å². The smallest absolute Gasteiger partial charge is 0.131 e. The van der Waals surface area contributed by atoms with Crippen LogP contribution in [0.3, 0.4) is 0 Å². The molecule has 2 nitrogen and oxygen atoms in total. The Morgan fingerprint density at radius 1 is 1.55 bits per heavy atom. The molecule has 2 heteroatoms. The average molecular weight is 149 g/mol. The minimum atomic E-state index is -0.454. The highest BCUT2D eigenvalue weighted by Crippen LogP contribution is 2.25. The van der Waals surface area contributed by atoms with Crippen LogP contribution in [0.25, 0.3) is 0 Å². The van der Waals surface area contributed by atoms with Crippen LogP contribution in [0.1, 0.15) is 22.9 Å². The molecule has 1 aromatic carbocycles. The second-order valence-electron chi connectivity index (χ2n) is 2.93. The van der Waals surface area contributed by atoms with E-state index in [1.165, 1.54) is 11.1 Å². The Balaban J connectivity index is 2.57. The van der Waals surface area contributed by atoms with Gasteiger partial charge in [-0.1, -0.05) is 18.2 Å². The highest BCUT2D eigenvalue weighted by atomic mass is 16.3. The standard InChI is InChI=1S/C9H11NO/c1-6-3-2-4-7-8(6)5-10-9(7)11/h2-4,9-11H,5H2,1H3. The van der Waals surface area contributed by atoms with Gasteiger partial charge in [0.05, 0.1) is 0 Å². The number of aryl methyl sites for hydroxylation is 1. The van der Waals surface area contributed by atoms with E-state index in [0.29, 0.717) is 0 Å². The minimum Gasteiger partial charge on any atom is -0.374 e. The summed E-state index contributed by atoms with van der Waals surface area (Å²) in [6.07, 6.45) is -0.454.